The fourth-order valence-corrected chi connectivity index (χ4v) is 3.70. The lowest BCUT2D eigenvalue weighted by atomic mass is 9.93. The Morgan fingerprint density at radius 1 is 1.11 bits per heavy atom. The monoisotopic (exact) mass is 289 g/mol. The van der Waals surface area contributed by atoms with Gasteiger partial charge in [-0.3, -0.25) is 0 Å². The molecule has 3 nitrogen and oxygen atoms in total. The van der Waals surface area contributed by atoms with E-state index in [1.807, 2.05) is 0 Å². The van der Waals surface area contributed by atoms with Crippen molar-refractivity contribution in [1.82, 2.24) is 5.32 Å². The summed E-state index contributed by atoms with van der Waals surface area (Å²) in [5.41, 5.74) is 0. The van der Waals surface area contributed by atoms with Crippen LogP contribution in [-0.2, 0) is 9.84 Å². The van der Waals surface area contributed by atoms with E-state index < -0.39 is 14.6 Å². The van der Waals surface area contributed by atoms with Gasteiger partial charge in [0.2, 0.25) is 0 Å². The van der Waals surface area contributed by atoms with Gasteiger partial charge in [0.15, 0.2) is 9.84 Å². The Morgan fingerprint density at radius 2 is 1.63 bits per heavy atom. The second-order valence-electron chi connectivity index (χ2n) is 6.93. The summed E-state index contributed by atoms with van der Waals surface area (Å²) in [5.74, 6) is 0.966. The van der Waals surface area contributed by atoms with Crippen molar-refractivity contribution < 1.29 is 8.42 Å². The van der Waals surface area contributed by atoms with Crippen LogP contribution in [0.3, 0.4) is 0 Å². The summed E-state index contributed by atoms with van der Waals surface area (Å²) < 4.78 is 23.4. The maximum absolute atomic E-state index is 12.0. The third kappa shape index (κ3) is 5.42. The van der Waals surface area contributed by atoms with E-state index in [9.17, 15) is 8.42 Å². The minimum Gasteiger partial charge on any atom is -0.313 e. The second-order valence-corrected chi connectivity index (χ2v) is 9.79. The van der Waals surface area contributed by atoms with Crippen molar-refractivity contribution in [3.63, 3.8) is 0 Å². The second kappa shape index (κ2) is 7.07. The molecule has 1 rings (SSSR count). The van der Waals surface area contributed by atoms with Crippen LogP contribution in [0.15, 0.2) is 0 Å². The predicted octanol–water partition coefficient (Wildman–Crippen LogP) is 3.15. The van der Waals surface area contributed by atoms with Gasteiger partial charge >= 0.3 is 0 Å². The summed E-state index contributed by atoms with van der Waals surface area (Å²) in [7, 11) is -2.99. The molecule has 0 aromatic rings. The smallest absolute Gasteiger partial charge is 0.156 e. The summed E-state index contributed by atoms with van der Waals surface area (Å²) in [4.78, 5) is 0. The summed E-state index contributed by atoms with van der Waals surface area (Å²) in [6, 6.07) is 0.438. The van der Waals surface area contributed by atoms with Gasteiger partial charge in [0.1, 0.15) is 0 Å². The van der Waals surface area contributed by atoms with Crippen LogP contribution in [0.2, 0.25) is 0 Å². The maximum Gasteiger partial charge on any atom is 0.156 e. The van der Waals surface area contributed by atoms with Gasteiger partial charge in [-0.15, -0.1) is 0 Å². The molecule has 0 spiro atoms. The van der Waals surface area contributed by atoms with Crippen molar-refractivity contribution >= 4 is 9.84 Å². The Hall–Kier alpha value is -0.0900. The van der Waals surface area contributed by atoms with Gasteiger partial charge in [0.05, 0.1) is 10.5 Å². The zero-order valence-corrected chi connectivity index (χ0v) is 13.9. The quantitative estimate of drug-likeness (QED) is 0.791. The SMILES string of the molecule is C[C@H](NCCS(=O)(=O)C(C)(C)C)C1CCCCCC1. The first-order valence-electron chi connectivity index (χ1n) is 7.70. The Labute approximate surface area is 119 Å². The summed E-state index contributed by atoms with van der Waals surface area (Å²) in [6.07, 6.45) is 7.97. The molecule has 0 aromatic heterocycles. The van der Waals surface area contributed by atoms with E-state index in [1.165, 1.54) is 38.5 Å². The Balaban J connectivity index is 2.36. The van der Waals surface area contributed by atoms with Crippen LogP contribution in [-0.4, -0.2) is 31.5 Å². The van der Waals surface area contributed by atoms with Crippen molar-refractivity contribution in [1.29, 1.82) is 0 Å². The van der Waals surface area contributed by atoms with Crippen molar-refractivity contribution in [3.05, 3.63) is 0 Å². The molecule has 0 radical (unpaired) electrons. The van der Waals surface area contributed by atoms with Gasteiger partial charge in [-0.1, -0.05) is 25.7 Å². The zero-order valence-electron chi connectivity index (χ0n) is 13.0. The molecule has 1 N–H and O–H groups in total. The van der Waals surface area contributed by atoms with Gasteiger partial charge in [0, 0.05) is 12.6 Å². The molecule has 114 valence electrons. The van der Waals surface area contributed by atoms with Gasteiger partial charge in [-0.25, -0.2) is 8.42 Å². The molecular weight excluding hydrogens is 258 g/mol. The number of sulfone groups is 1. The highest BCUT2D eigenvalue weighted by molar-refractivity contribution is 7.92. The minimum absolute atomic E-state index is 0.244. The van der Waals surface area contributed by atoms with E-state index >= 15 is 0 Å². The van der Waals surface area contributed by atoms with Gasteiger partial charge in [-0.05, 0) is 46.5 Å². The Bertz CT molecular complexity index is 349. The fourth-order valence-electron chi connectivity index (χ4n) is 2.70. The number of nitrogens with one attached hydrogen (secondary N) is 1. The fraction of sp³-hybridized carbons (Fsp3) is 1.00. The van der Waals surface area contributed by atoms with Gasteiger partial charge in [-0.2, -0.15) is 0 Å². The molecule has 1 fully saturated rings. The van der Waals surface area contributed by atoms with Crippen LogP contribution in [0.4, 0.5) is 0 Å². The van der Waals surface area contributed by atoms with E-state index in [1.54, 1.807) is 20.8 Å². The molecular formula is C15H31NO2S. The molecule has 19 heavy (non-hydrogen) atoms. The summed E-state index contributed by atoms with van der Waals surface area (Å²) in [6.45, 7) is 8.11. The highest BCUT2D eigenvalue weighted by Crippen LogP contribution is 2.25. The lowest BCUT2D eigenvalue weighted by Crippen LogP contribution is -2.39. The van der Waals surface area contributed by atoms with Crippen LogP contribution in [0, 0.1) is 5.92 Å². The predicted molar refractivity (Wildman–Crippen MR) is 82.2 cm³/mol. The number of rotatable bonds is 5. The third-order valence-electron chi connectivity index (χ3n) is 4.38. The van der Waals surface area contributed by atoms with E-state index in [0.717, 1.165) is 5.92 Å². The molecule has 0 amide bonds. The van der Waals surface area contributed by atoms with Gasteiger partial charge in [0.25, 0.3) is 0 Å². The van der Waals surface area contributed by atoms with Crippen molar-refractivity contribution in [2.45, 2.75) is 77.0 Å². The van der Waals surface area contributed by atoms with E-state index in [-0.39, 0.29) is 5.75 Å². The molecule has 1 atom stereocenters. The van der Waals surface area contributed by atoms with E-state index in [4.69, 9.17) is 0 Å². The summed E-state index contributed by atoms with van der Waals surface area (Å²) in [5, 5.41) is 3.43. The zero-order chi connectivity index (χ0) is 14.5. The molecule has 0 aromatic carbocycles. The summed E-state index contributed by atoms with van der Waals surface area (Å²) >= 11 is 0. The first-order chi connectivity index (χ1) is 8.74. The lowest BCUT2D eigenvalue weighted by molar-refractivity contribution is 0.343. The highest BCUT2D eigenvalue weighted by atomic mass is 32.2. The maximum atomic E-state index is 12.0. The van der Waals surface area contributed by atoms with Crippen molar-refractivity contribution in [2.75, 3.05) is 12.3 Å². The van der Waals surface area contributed by atoms with Crippen molar-refractivity contribution in [3.8, 4) is 0 Å². The molecule has 0 heterocycles. The Morgan fingerprint density at radius 3 is 2.11 bits per heavy atom. The molecule has 0 bridgehead atoms. The molecule has 1 aliphatic rings. The topological polar surface area (TPSA) is 46.2 Å². The third-order valence-corrected chi connectivity index (χ3v) is 6.98. The van der Waals surface area contributed by atoms with Crippen LogP contribution in [0.1, 0.15) is 66.2 Å². The molecule has 1 saturated carbocycles. The average Bonchev–Trinajstić information content (AvgIpc) is 2.55. The van der Waals surface area contributed by atoms with E-state index in [0.29, 0.717) is 12.6 Å². The largest absolute Gasteiger partial charge is 0.313 e. The van der Waals surface area contributed by atoms with Crippen LogP contribution in [0.25, 0.3) is 0 Å². The molecule has 0 unspecified atom stereocenters. The standard InChI is InChI=1S/C15H31NO2S/c1-13(14-9-7-5-6-8-10-14)16-11-12-19(17,18)15(2,3)4/h13-14,16H,5-12H2,1-4H3/t13-/m0/s1. The molecule has 0 aliphatic heterocycles. The average molecular weight is 289 g/mol. The number of hydrogen-bond donors (Lipinski definition) is 1. The molecule has 1 aliphatic carbocycles. The number of hydrogen-bond acceptors (Lipinski definition) is 3. The lowest BCUT2D eigenvalue weighted by Gasteiger charge is -2.25. The van der Waals surface area contributed by atoms with E-state index in [2.05, 4.69) is 12.2 Å². The normalized spacial score (nSPS) is 21.1. The van der Waals surface area contributed by atoms with Crippen molar-refractivity contribution in [2.24, 2.45) is 5.92 Å². The van der Waals surface area contributed by atoms with Crippen LogP contribution in [0.5, 0.6) is 0 Å². The minimum atomic E-state index is -2.99. The first-order valence-corrected chi connectivity index (χ1v) is 9.35. The van der Waals surface area contributed by atoms with Crippen LogP contribution < -0.4 is 5.32 Å². The first kappa shape index (κ1) is 17.0. The van der Waals surface area contributed by atoms with Crippen LogP contribution >= 0.6 is 0 Å². The molecule has 4 heteroatoms. The Kier molecular flexibility index (Phi) is 6.31. The van der Waals surface area contributed by atoms with Gasteiger partial charge < -0.3 is 5.32 Å². The highest BCUT2D eigenvalue weighted by Gasteiger charge is 2.28. The molecule has 0 saturated heterocycles.